The zero-order valence-electron chi connectivity index (χ0n) is 10.4. The Kier molecular flexibility index (Phi) is 2.99. The third-order valence-electron chi connectivity index (χ3n) is 3.05. The van der Waals surface area contributed by atoms with Crippen LogP contribution in [-0.4, -0.2) is 21.1 Å². The molecule has 0 unspecified atom stereocenters. The number of nitrogen functional groups attached to an aromatic ring is 1. The van der Waals surface area contributed by atoms with E-state index in [1.165, 1.54) is 0 Å². The van der Waals surface area contributed by atoms with Crippen molar-refractivity contribution in [2.75, 3.05) is 12.0 Å². The molecule has 0 bridgehead atoms. The number of anilines is 1. The Morgan fingerprint density at radius 1 is 1.24 bits per heavy atom. The smallest absolute Gasteiger partial charge is 0.168 e. The standard InChI is InChI=1S/C11H18N6/c1-6-7(2)14-11(16-13)9-10(6)17(5-4-12)8(3)15-9/h4-5,12-13H2,1-3H3,(H,14,16). The molecule has 5 N–H and O–H groups in total. The highest BCUT2D eigenvalue weighted by atomic mass is 15.3. The van der Waals surface area contributed by atoms with E-state index in [2.05, 4.69) is 20.0 Å². The molecular weight excluding hydrogens is 216 g/mol. The van der Waals surface area contributed by atoms with Crippen LogP contribution in [0, 0.1) is 20.8 Å². The van der Waals surface area contributed by atoms with E-state index >= 15 is 0 Å². The van der Waals surface area contributed by atoms with E-state index in [1.807, 2.05) is 20.8 Å². The number of pyridine rings is 1. The summed E-state index contributed by atoms with van der Waals surface area (Å²) in [7, 11) is 0. The van der Waals surface area contributed by atoms with Crippen molar-refractivity contribution >= 4 is 16.9 Å². The van der Waals surface area contributed by atoms with Gasteiger partial charge in [0.05, 0.1) is 5.52 Å². The fraction of sp³-hybridized carbons (Fsp3) is 0.455. The van der Waals surface area contributed by atoms with Crippen LogP contribution in [0.15, 0.2) is 0 Å². The third-order valence-corrected chi connectivity index (χ3v) is 3.05. The molecule has 0 radical (unpaired) electrons. The summed E-state index contributed by atoms with van der Waals surface area (Å²) in [5, 5.41) is 0. The van der Waals surface area contributed by atoms with Crippen molar-refractivity contribution in [3.63, 3.8) is 0 Å². The molecule has 0 amide bonds. The van der Waals surface area contributed by atoms with Crippen LogP contribution in [-0.2, 0) is 6.54 Å². The summed E-state index contributed by atoms with van der Waals surface area (Å²) in [6.07, 6.45) is 0. The van der Waals surface area contributed by atoms with Gasteiger partial charge in [-0.25, -0.2) is 15.8 Å². The van der Waals surface area contributed by atoms with Gasteiger partial charge in [-0.05, 0) is 26.3 Å². The van der Waals surface area contributed by atoms with E-state index in [9.17, 15) is 0 Å². The first-order chi connectivity index (χ1) is 8.10. The Morgan fingerprint density at radius 2 is 1.94 bits per heavy atom. The zero-order chi connectivity index (χ0) is 12.6. The van der Waals surface area contributed by atoms with E-state index in [1.54, 1.807) is 0 Å². The Bertz CT molecular complexity index is 557. The highest BCUT2D eigenvalue weighted by Crippen LogP contribution is 2.26. The molecule has 2 rings (SSSR count). The second-order valence-corrected chi connectivity index (χ2v) is 4.11. The number of aryl methyl sites for hydroxylation is 3. The van der Waals surface area contributed by atoms with E-state index in [-0.39, 0.29) is 0 Å². The van der Waals surface area contributed by atoms with Crippen LogP contribution >= 0.6 is 0 Å². The molecule has 2 heterocycles. The summed E-state index contributed by atoms with van der Waals surface area (Å²) in [6, 6.07) is 0. The molecule has 2 aromatic rings. The molecule has 6 nitrogen and oxygen atoms in total. The number of nitrogens with one attached hydrogen (secondary N) is 1. The van der Waals surface area contributed by atoms with Crippen LogP contribution in [0.3, 0.4) is 0 Å². The lowest BCUT2D eigenvalue weighted by atomic mass is 10.2. The fourth-order valence-electron chi connectivity index (χ4n) is 2.09. The minimum atomic E-state index is 0.582. The summed E-state index contributed by atoms with van der Waals surface area (Å²) in [5.74, 6) is 7.02. The molecule has 0 aliphatic heterocycles. The van der Waals surface area contributed by atoms with Gasteiger partial charge in [-0.2, -0.15) is 0 Å². The molecule has 0 aliphatic rings. The summed E-state index contributed by atoms with van der Waals surface area (Å²) in [4.78, 5) is 8.90. The fourth-order valence-corrected chi connectivity index (χ4v) is 2.09. The molecule has 2 aromatic heterocycles. The van der Waals surface area contributed by atoms with E-state index < -0.39 is 0 Å². The van der Waals surface area contributed by atoms with Crippen molar-refractivity contribution in [2.24, 2.45) is 11.6 Å². The number of hydrazine groups is 1. The number of fused-ring (bicyclic) bond motifs is 1. The molecule has 0 aliphatic carbocycles. The predicted molar refractivity (Wildman–Crippen MR) is 68.6 cm³/mol. The number of nitrogens with two attached hydrogens (primary N) is 2. The minimum absolute atomic E-state index is 0.582. The Labute approximate surface area is 100.0 Å². The van der Waals surface area contributed by atoms with Crippen LogP contribution in [0.5, 0.6) is 0 Å². The molecule has 0 saturated heterocycles. The van der Waals surface area contributed by atoms with Crippen molar-refractivity contribution in [2.45, 2.75) is 27.3 Å². The lowest BCUT2D eigenvalue weighted by Gasteiger charge is -2.10. The van der Waals surface area contributed by atoms with Crippen molar-refractivity contribution in [3.05, 3.63) is 17.1 Å². The normalized spacial score (nSPS) is 11.1. The number of rotatable bonds is 3. The number of hydrogen-bond acceptors (Lipinski definition) is 5. The highest BCUT2D eigenvalue weighted by Gasteiger charge is 2.15. The summed E-state index contributed by atoms with van der Waals surface area (Å²) in [5.41, 5.74) is 12.2. The van der Waals surface area contributed by atoms with E-state index in [0.29, 0.717) is 12.4 Å². The van der Waals surface area contributed by atoms with Crippen molar-refractivity contribution < 1.29 is 0 Å². The molecule has 0 saturated carbocycles. The topological polar surface area (TPSA) is 94.8 Å². The first kappa shape index (κ1) is 11.8. The van der Waals surface area contributed by atoms with Gasteiger partial charge in [-0.3, -0.25) is 0 Å². The first-order valence-corrected chi connectivity index (χ1v) is 5.60. The second-order valence-electron chi connectivity index (χ2n) is 4.11. The summed E-state index contributed by atoms with van der Waals surface area (Å²) < 4.78 is 2.11. The molecule has 0 aromatic carbocycles. The van der Waals surface area contributed by atoms with Crippen LogP contribution < -0.4 is 17.0 Å². The van der Waals surface area contributed by atoms with Crippen molar-refractivity contribution in [1.29, 1.82) is 0 Å². The third kappa shape index (κ3) is 1.75. The average Bonchev–Trinajstić information content (AvgIpc) is 2.62. The Morgan fingerprint density at radius 3 is 2.53 bits per heavy atom. The number of hydrogen-bond donors (Lipinski definition) is 3. The Hall–Kier alpha value is -1.66. The van der Waals surface area contributed by atoms with Crippen LogP contribution in [0.25, 0.3) is 11.0 Å². The first-order valence-electron chi connectivity index (χ1n) is 5.60. The predicted octanol–water partition coefficient (Wildman–Crippen LogP) is 0.601. The molecule has 0 fully saturated rings. The van der Waals surface area contributed by atoms with Gasteiger partial charge in [-0.1, -0.05) is 0 Å². The second kappa shape index (κ2) is 4.31. The molecular formula is C11H18N6. The maximum atomic E-state index is 5.63. The van der Waals surface area contributed by atoms with Gasteiger partial charge >= 0.3 is 0 Å². The van der Waals surface area contributed by atoms with Crippen LogP contribution in [0.4, 0.5) is 5.82 Å². The summed E-state index contributed by atoms with van der Waals surface area (Å²) >= 11 is 0. The molecule has 6 heteroatoms. The van der Waals surface area contributed by atoms with Gasteiger partial charge in [0, 0.05) is 18.8 Å². The van der Waals surface area contributed by atoms with Gasteiger partial charge in [0.1, 0.15) is 11.3 Å². The lowest BCUT2D eigenvalue weighted by Crippen LogP contribution is -2.13. The zero-order valence-corrected chi connectivity index (χ0v) is 10.4. The number of imidazole rings is 1. The average molecular weight is 234 g/mol. The largest absolute Gasteiger partial charge is 0.329 e. The number of aromatic nitrogens is 3. The Balaban J connectivity index is 2.83. The van der Waals surface area contributed by atoms with Gasteiger partial charge < -0.3 is 15.7 Å². The van der Waals surface area contributed by atoms with Crippen molar-refractivity contribution in [1.82, 2.24) is 14.5 Å². The molecule has 0 atom stereocenters. The molecule has 0 spiro atoms. The van der Waals surface area contributed by atoms with Gasteiger partial charge in [0.2, 0.25) is 0 Å². The molecule has 92 valence electrons. The minimum Gasteiger partial charge on any atom is -0.329 e. The highest BCUT2D eigenvalue weighted by molar-refractivity contribution is 5.89. The van der Waals surface area contributed by atoms with E-state index in [0.717, 1.165) is 34.7 Å². The van der Waals surface area contributed by atoms with E-state index in [4.69, 9.17) is 11.6 Å². The SMILES string of the molecule is Cc1nc(NN)c2nc(C)n(CCN)c2c1C. The van der Waals surface area contributed by atoms with Crippen molar-refractivity contribution in [3.8, 4) is 0 Å². The quantitative estimate of drug-likeness (QED) is 0.534. The van der Waals surface area contributed by atoms with Gasteiger partial charge in [-0.15, -0.1) is 0 Å². The summed E-state index contributed by atoms with van der Waals surface area (Å²) in [6.45, 7) is 7.30. The number of nitrogens with zero attached hydrogens (tertiary/aromatic N) is 3. The molecule has 17 heavy (non-hydrogen) atoms. The van der Waals surface area contributed by atoms with Crippen LogP contribution in [0.2, 0.25) is 0 Å². The van der Waals surface area contributed by atoms with Gasteiger partial charge in [0.15, 0.2) is 5.82 Å². The maximum absolute atomic E-state index is 5.63. The monoisotopic (exact) mass is 234 g/mol. The lowest BCUT2D eigenvalue weighted by molar-refractivity contribution is 0.702. The van der Waals surface area contributed by atoms with Gasteiger partial charge in [0.25, 0.3) is 0 Å². The van der Waals surface area contributed by atoms with Crippen LogP contribution in [0.1, 0.15) is 17.1 Å². The maximum Gasteiger partial charge on any atom is 0.168 e.